The summed E-state index contributed by atoms with van der Waals surface area (Å²) in [6.45, 7) is 6.23. The maximum atomic E-state index is 9.29. The SMILES string of the molecule is CCC1CCCC(Nc2nc(C)cc(C)c2C#N)C1. The van der Waals surface area contributed by atoms with Crippen LogP contribution in [0.4, 0.5) is 5.82 Å². The Morgan fingerprint density at radius 2 is 2.21 bits per heavy atom. The fraction of sp³-hybridized carbons (Fsp3) is 0.625. The molecule has 19 heavy (non-hydrogen) atoms. The first-order valence-electron chi connectivity index (χ1n) is 7.29. The van der Waals surface area contributed by atoms with Crippen LogP contribution in [0.25, 0.3) is 0 Å². The predicted octanol–water partition coefficient (Wildman–Crippen LogP) is 3.95. The fourth-order valence-electron chi connectivity index (χ4n) is 3.07. The predicted molar refractivity (Wildman–Crippen MR) is 78.1 cm³/mol. The van der Waals surface area contributed by atoms with Gasteiger partial charge in [0.25, 0.3) is 0 Å². The van der Waals surface area contributed by atoms with Gasteiger partial charge in [-0.3, -0.25) is 0 Å². The normalized spacial score (nSPS) is 22.8. The highest BCUT2D eigenvalue weighted by Gasteiger charge is 2.22. The zero-order valence-corrected chi connectivity index (χ0v) is 12.2. The Morgan fingerprint density at radius 3 is 2.89 bits per heavy atom. The summed E-state index contributed by atoms with van der Waals surface area (Å²) in [4.78, 5) is 4.52. The summed E-state index contributed by atoms with van der Waals surface area (Å²) in [6.07, 6.45) is 6.28. The molecule has 1 aliphatic rings. The van der Waals surface area contributed by atoms with Crippen molar-refractivity contribution in [1.29, 1.82) is 5.26 Å². The van der Waals surface area contributed by atoms with E-state index >= 15 is 0 Å². The molecule has 0 spiro atoms. The molecule has 1 saturated carbocycles. The summed E-state index contributed by atoms with van der Waals surface area (Å²) >= 11 is 0. The molecule has 0 aromatic carbocycles. The second kappa shape index (κ2) is 6.06. The second-order valence-electron chi connectivity index (χ2n) is 5.70. The smallest absolute Gasteiger partial charge is 0.144 e. The van der Waals surface area contributed by atoms with Crippen LogP contribution in [-0.2, 0) is 0 Å². The molecule has 1 N–H and O–H groups in total. The standard InChI is InChI=1S/C16H23N3/c1-4-13-6-5-7-14(9-13)19-16-15(10-17)11(2)8-12(3)18-16/h8,13-14H,4-7,9H2,1-3H3,(H,18,19). The lowest BCUT2D eigenvalue weighted by Crippen LogP contribution is -2.28. The second-order valence-corrected chi connectivity index (χ2v) is 5.70. The molecule has 1 heterocycles. The van der Waals surface area contributed by atoms with Crippen molar-refractivity contribution in [3.05, 3.63) is 22.9 Å². The van der Waals surface area contributed by atoms with Crippen molar-refractivity contribution in [3.63, 3.8) is 0 Å². The first-order chi connectivity index (χ1) is 9.13. The number of anilines is 1. The fourth-order valence-corrected chi connectivity index (χ4v) is 3.07. The highest BCUT2D eigenvalue weighted by atomic mass is 15.0. The molecule has 1 aromatic rings. The van der Waals surface area contributed by atoms with Crippen LogP contribution in [-0.4, -0.2) is 11.0 Å². The number of nitrogens with zero attached hydrogens (tertiary/aromatic N) is 2. The lowest BCUT2D eigenvalue weighted by atomic mass is 9.84. The van der Waals surface area contributed by atoms with E-state index in [2.05, 4.69) is 23.3 Å². The summed E-state index contributed by atoms with van der Waals surface area (Å²) in [5.74, 6) is 1.60. The molecule has 1 aromatic heterocycles. The molecule has 3 nitrogen and oxygen atoms in total. The molecule has 2 atom stereocenters. The Hall–Kier alpha value is -1.56. The van der Waals surface area contributed by atoms with E-state index in [0.717, 1.165) is 23.0 Å². The van der Waals surface area contributed by atoms with E-state index in [9.17, 15) is 5.26 Å². The number of hydrogen-bond acceptors (Lipinski definition) is 3. The van der Waals surface area contributed by atoms with Crippen molar-refractivity contribution in [1.82, 2.24) is 4.98 Å². The Morgan fingerprint density at radius 1 is 1.42 bits per heavy atom. The van der Waals surface area contributed by atoms with Gasteiger partial charge in [-0.2, -0.15) is 5.26 Å². The molecule has 0 aliphatic heterocycles. The third-order valence-electron chi connectivity index (χ3n) is 4.16. The minimum atomic E-state index is 0.472. The number of nitrogens with one attached hydrogen (secondary N) is 1. The van der Waals surface area contributed by atoms with Crippen molar-refractivity contribution < 1.29 is 0 Å². The molecule has 2 unspecified atom stereocenters. The van der Waals surface area contributed by atoms with Gasteiger partial charge in [0.1, 0.15) is 11.9 Å². The molecule has 0 saturated heterocycles. The van der Waals surface area contributed by atoms with Gasteiger partial charge in [-0.15, -0.1) is 0 Å². The van der Waals surface area contributed by atoms with Crippen molar-refractivity contribution in [2.24, 2.45) is 5.92 Å². The molecule has 0 radical (unpaired) electrons. The third-order valence-corrected chi connectivity index (χ3v) is 4.16. The van der Waals surface area contributed by atoms with Crippen LogP contribution < -0.4 is 5.32 Å². The van der Waals surface area contributed by atoms with Gasteiger partial charge in [0.05, 0.1) is 5.56 Å². The van der Waals surface area contributed by atoms with E-state index in [-0.39, 0.29) is 0 Å². The minimum Gasteiger partial charge on any atom is -0.366 e. The summed E-state index contributed by atoms with van der Waals surface area (Å²) in [7, 11) is 0. The number of aromatic nitrogens is 1. The van der Waals surface area contributed by atoms with Crippen LogP contribution in [0.2, 0.25) is 0 Å². The van der Waals surface area contributed by atoms with Gasteiger partial charge in [-0.25, -0.2) is 4.98 Å². The molecule has 2 rings (SSSR count). The van der Waals surface area contributed by atoms with Crippen LogP contribution in [0, 0.1) is 31.1 Å². The molecule has 0 bridgehead atoms. The van der Waals surface area contributed by atoms with Gasteiger partial charge in [0.2, 0.25) is 0 Å². The summed E-state index contributed by atoms with van der Waals surface area (Å²) in [5, 5.41) is 12.8. The monoisotopic (exact) mass is 257 g/mol. The molecule has 3 heteroatoms. The van der Waals surface area contributed by atoms with Gasteiger partial charge < -0.3 is 5.32 Å². The number of pyridine rings is 1. The Balaban J connectivity index is 2.17. The van der Waals surface area contributed by atoms with Crippen molar-refractivity contribution in [2.75, 3.05) is 5.32 Å². The van der Waals surface area contributed by atoms with Gasteiger partial charge in [0, 0.05) is 11.7 Å². The van der Waals surface area contributed by atoms with E-state index in [0.29, 0.717) is 11.6 Å². The summed E-state index contributed by atoms with van der Waals surface area (Å²) in [6, 6.07) is 4.72. The average Bonchev–Trinajstić information content (AvgIpc) is 2.38. The first-order valence-corrected chi connectivity index (χ1v) is 7.29. The maximum absolute atomic E-state index is 9.29. The molecule has 0 amide bonds. The Labute approximate surface area is 116 Å². The van der Waals surface area contributed by atoms with Gasteiger partial charge in [-0.1, -0.05) is 26.2 Å². The highest BCUT2D eigenvalue weighted by Crippen LogP contribution is 2.29. The Bertz CT molecular complexity index is 488. The molecule has 1 fully saturated rings. The van der Waals surface area contributed by atoms with Crippen LogP contribution in [0.1, 0.15) is 55.8 Å². The molecular formula is C16H23N3. The van der Waals surface area contributed by atoms with E-state index < -0.39 is 0 Å². The third kappa shape index (κ3) is 3.26. The Kier molecular flexibility index (Phi) is 4.42. The molecule has 102 valence electrons. The average molecular weight is 257 g/mol. The lowest BCUT2D eigenvalue weighted by Gasteiger charge is -2.29. The van der Waals surface area contributed by atoms with Gasteiger partial charge in [-0.05, 0) is 44.2 Å². The quantitative estimate of drug-likeness (QED) is 0.892. The van der Waals surface area contributed by atoms with Crippen LogP contribution >= 0.6 is 0 Å². The van der Waals surface area contributed by atoms with Crippen LogP contribution in [0.15, 0.2) is 6.07 Å². The van der Waals surface area contributed by atoms with Gasteiger partial charge in [0.15, 0.2) is 0 Å². The van der Waals surface area contributed by atoms with E-state index in [1.54, 1.807) is 0 Å². The first kappa shape index (κ1) is 13.9. The number of rotatable bonds is 3. The minimum absolute atomic E-state index is 0.472. The van der Waals surface area contributed by atoms with E-state index in [4.69, 9.17) is 0 Å². The zero-order valence-electron chi connectivity index (χ0n) is 12.2. The van der Waals surface area contributed by atoms with Crippen molar-refractivity contribution in [2.45, 2.75) is 58.9 Å². The number of nitriles is 1. The number of hydrogen-bond donors (Lipinski definition) is 1. The zero-order chi connectivity index (χ0) is 13.8. The van der Waals surface area contributed by atoms with E-state index in [1.165, 1.54) is 32.1 Å². The van der Waals surface area contributed by atoms with Crippen molar-refractivity contribution >= 4 is 5.82 Å². The summed E-state index contributed by atoms with van der Waals surface area (Å²) < 4.78 is 0. The molecular weight excluding hydrogens is 234 g/mol. The van der Waals surface area contributed by atoms with Crippen molar-refractivity contribution in [3.8, 4) is 6.07 Å². The van der Waals surface area contributed by atoms with Crippen LogP contribution in [0.3, 0.4) is 0 Å². The number of aryl methyl sites for hydroxylation is 2. The highest BCUT2D eigenvalue weighted by molar-refractivity contribution is 5.56. The topological polar surface area (TPSA) is 48.7 Å². The largest absolute Gasteiger partial charge is 0.366 e. The maximum Gasteiger partial charge on any atom is 0.144 e. The van der Waals surface area contributed by atoms with E-state index in [1.807, 2.05) is 19.9 Å². The molecule has 1 aliphatic carbocycles. The summed E-state index contributed by atoms with van der Waals surface area (Å²) in [5.41, 5.74) is 2.69. The lowest BCUT2D eigenvalue weighted by molar-refractivity contribution is 0.327. The van der Waals surface area contributed by atoms with Crippen LogP contribution in [0.5, 0.6) is 0 Å². The van der Waals surface area contributed by atoms with Gasteiger partial charge >= 0.3 is 0 Å².